The summed E-state index contributed by atoms with van der Waals surface area (Å²) in [5, 5.41) is 21.7. The second kappa shape index (κ2) is 7.05. The lowest BCUT2D eigenvalue weighted by Gasteiger charge is -2.34. The van der Waals surface area contributed by atoms with Gasteiger partial charge in [-0.05, 0) is 33.7 Å². The van der Waals surface area contributed by atoms with Gasteiger partial charge in [0.1, 0.15) is 5.54 Å². The van der Waals surface area contributed by atoms with Crippen molar-refractivity contribution in [1.29, 1.82) is 5.26 Å². The number of likely N-dealkylation sites (N-methyl/N-ethyl adjacent to an activating group) is 1. The Labute approximate surface area is 122 Å². The number of hydrogen-bond donors (Lipinski definition) is 2. The molecule has 20 heavy (non-hydrogen) atoms. The van der Waals surface area contributed by atoms with Gasteiger partial charge < -0.3 is 10.4 Å². The van der Waals surface area contributed by atoms with E-state index in [0.717, 1.165) is 38.5 Å². The van der Waals surface area contributed by atoms with Crippen LogP contribution in [0.5, 0.6) is 0 Å². The molecule has 5 heteroatoms. The molecule has 1 saturated carbocycles. The minimum atomic E-state index is -0.697. The van der Waals surface area contributed by atoms with Gasteiger partial charge >= 0.3 is 0 Å². The van der Waals surface area contributed by atoms with Crippen LogP contribution < -0.4 is 5.32 Å². The fraction of sp³-hybridized carbons (Fsp3) is 0.867. The minimum absolute atomic E-state index is 0.0137. The van der Waals surface area contributed by atoms with Crippen molar-refractivity contribution in [3.63, 3.8) is 0 Å². The standard InChI is InChI=1S/C15H27N3O2/c1-14(2,12-19)18(3)10-13(20)17-15(11-16)8-6-4-5-7-9-15/h19H,4-10,12H2,1-3H3,(H,17,20). The highest BCUT2D eigenvalue weighted by molar-refractivity contribution is 5.79. The van der Waals surface area contributed by atoms with E-state index >= 15 is 0 Å². The third kappa shape index (κ3) is 4.46. The van der Waals surface area contributed by atoms with Gasteiger partial charge in [0.25, 0.3) is 0 Å². The van der Waals surface area contributed by atoms with Crippen LogP contribution in [0, 0.1) is 11.3 Å². The molecule has 0 spiro atoms. The molecular weight excluding hydrogens is 254 g/mol. The first kappa shape index (κ1) is 16.9. The predicted octanol–water partition coefficient (Wildman–Crippen LogP) is 1.42. The monoisotopic (exact) mass is 281 g/mol. The normalized spacial score (nSPS) is 19.2. The average Bonchev–Trinajstić information content (AvgIpc) is 2.64. The molecule has 0 aromatic carbocycles. The molecule has 0 radical (unpaired) electrons. The summed E-state index contributed by atoms with van der Waals surface area (Å²) < 4.78 is 0. The second-order valence-corrected chi connectivity index (χ2v) is 6.48. The summed E-state index contributed by atoms with van der Waals surface area (Å²) in [6.45, 7) is 3.94. The van der Waals surface area contributed by atoms with E-state index < -0.39 is 11.1 Å². The van der Waals surface area contributed by atoms with Crippen LogP contribution in [-0.2, 0) is 4.79 Å². The predicted molar refractivity (Wildman–Crippen MR) is 78.0 cm³/mol. The zero-order valence-corrected chi connectivity index (χ0v) is 12.9. The van der Waals surface area contributed by atoms with E-state index in [4.69, 9.17) is 0 Å². The fourth-order valence-electron chi connectivity index (χ4n) is 2.45. The van der Waals surface area contributed by atoms with Crippen LogP contribution in [0.25, 0.3) is 0 Å². The third-order valence-corrected chi connectivity index (χ3v) is 4.35. The molecule has 0 heterocycles. The first-order valence-electron chi connectivity index (χ1n) is 7.40. The van der Waals surface area contributed by atoms with Crippen LogP contribution >= 0.6 is 0 Å². The molecule has 0 bridgehead atoms. The molecule has 114 valence electrons. The smallest absolute Gasteiger partial charge is 0.235 e. The zero-order valence-electron chi connectivity index (χ0n) is 12.9. The Morgan fingerprint density at radius 2 is 1.90 bits per heavy atom. The topological polar surface area (TPSA) is 76.4 Å². The van der Waals surface area contributed by atoms with Crippen molar-refractivity contribution < 1.29 is 9.90 Å². The molecule has 0 atom stereocenters. The zero-order chi connectivity index (χ0) is 15.2. The van der Waals surface area contributed by atoms with E-state index in [1.54, 1.807) is 0 Å². The summed E-state index contributed by atoms with van der Waals surface area (Å²) in [6.07, 6.45) is 5.73. The van der Waals surface area contributed by atoms with Crippen LogP contribution in [0.4, 0.5) is 0 Å². The fourth-order valence-corrected chi connectivity index (χ4v) is 2.45. The summed E-state index contributed by atoms with van der Waals surface area (Å²) in [7, 11) is 1.81. The highest BCUT2D eigenvalue weighted by atomic mass is 16.3. The molecule has 1 fully saturated rings. The van der Waals surface area contributed by atoms with E-state index in [0.29, 0.717) is 0 Å². The number of nitrogens with one attached hydrogen (secondary N) is 1. The Balaban J connectivity index is 2.62. The van der Waals surface area contributed by atoms with Crippen molar-refractivity contribution in [3.8, 4) is 6.07 Å². The van der Waals surface area contributed by atoms with E-state index in [9.17, 15) is 15.2 Å². The van der Waals surface area contributed by atoms with Gasteiger partial charge in [-0.1, -0.05) is 25.7 Å². The SMILES string of the molecule is CN(CC(=O)NC1(C#N)CCCCCC1)C(C)(C)CO. The maximum atomic E-state index is 12.2. The van der Waals surface area contributed by atoms with E-state index in [2.05, 4.69) is 11.4 Å². The van der Waals surface area contributed by atoms with Crippen molar-refractivity contribution in [1.82, 2.24) is 10.2 Å². The number of aliphatic hydroxyl groups excluding tert-OH is 1. The summed E-state index contributed by atoms with van der Waals surface area (Å²) in [5.41, 5.74) is -1.14. The molecule has 0 aromatic heterocycles. The lowest BCUT2D eigenvalue weighted by Crippen LogP contribution is -2.53. The molecule has 1 rings (SSSR count). The van der Waals surface area contributed by atoms with Crippen molar-refractivity contribution in [3.05, 3.63) is 0 Å². The van der Waals surface area contributed by atoms with E-state index in [1.165, 1.54) is 0 Å². The molecule has 0 aromatic rings. The molecule has 0 saturated heterocycles. The second-order valence-electron chi connectivity index (χ2n) is 6.48. The summed E-state index contributed by atoms with van der Waals surface area (Å²) >= 11 is 0. The maximum absolute atomic E-state index is 12.2. The number of carbonyl (C=O) groups is 1. The lowest BCUT2D eigenvalue weighted by atomic mass is 9.92. The van der Waals surface area contributed by atoms with Crippen molar-refractivity contribution in [2.75, 3.05) is 20.2 Å². The quantitative estimate of drug-likeness (QED) is 0.747. The van der Waals surface area contributed by atoms with Gasteiger partial charge in [-0.25, -0.2) is 0 Å². The van der Waals surface area contributed by atoms with Crippen molar-refractivity contribution in [2.45, 2.75) is 63.5 Å². The highest BCUT2D eigenvalue weighted by Gasteiger charge is 2.33. The Morgan fingerprint density at radius 1 is 1.35 bits per heavy atom. The van der Waals surface area contributed by atoms with Gasteiger partial charge in [0.15, 0.2) is 0 Å². The molecule has 0 unspecified atom stereocenters. The number of nitrogens with zero attached hydrogens (tertiary/aromatic N) is 2. The molecule has 0 aliphatic heterocycles. The number of nitriles is 1. The van der Waals surface area contributed by atoms with Crippen LogP contribution in [0.2, 0.25) is 0 Å². The largest absolute Gasteiger partial charge is 0.394 e. The number of aliphatic hydroxyl groups is 1. The van der Waals surface area contributed by atoms with Crippen LogP contribution in [0.1, 0.15) is 52.4 Å². The van der Waals surface area contributed by atoms with Crippen LogP contribution in [0.15, 0.2) is 0 Å². The molecule has 1 aliphatic rings. The first-order valence-corrected chi connectivity index (χ1v) is 7.40. The Morgan fingerprint density at radius 3 is 2.35 bits per heavy atom. The van der Waals surface area contributed by atoms with Gasteiger partial charge in [0.2, 0.25) is 5.91 Å². The Hall–Kier alpha value is -1.12. The van der Waals surface area contributed by atoms with Gasteiger partial charge in [-0.2, -0.15) is 5.26 Å². The molecule has 1 amide bonds. The third-order valence-electron chi connectivity index (χ3n) is 4.35. The highest BCUT2D eigenvalue weighted by Crippen LogP contribution is 2.26. The minimum Gasteiger partial charge on any atom is -0.394 e. The molecule has 5 nitrogen and oxygen atoms in total. The van der Waals surface area contributed by atoms with E-state index in [1.807, 2.05) is 25.8 Å². The van der Waals surface area contributed by atoms with Gasteiger partial charge in [-0.3, -0.25) is 9.69 Å². The summed E-state index contributed by atoms with van der Waals surface area (Å²) in [4.78, 5) is 14.0. The Kier molecular flexibility index (Phi) is 5.97. The average molecular weight is 281 g/mol. The Bertz CT molecular complexity index is 366. The lowest BCUT2D eigenvalue weighted by molar-refractivity contribution is -0.125. The number of rotatable bonds is 5. The van der Waals surface area contributed by atoms with Crippen LogP contribution in [-0.4, -0.2) is 47.2 Å². The first-order chi connectivity index (χ1) is 9.35. The van der Waals surface area contributed by atoms with Crippen LogP contribution in [0.3, 0.4) is 0 Å². The van der Waals surface area contributed by atoms with Crippen molar-refractivity contribution in [2.24, 2.45) is 0 Å². The van der Waals surface area contributed by atoms with Gasteiger partial charge in [0, 0.05) is 5.54 Å². The molecule has 1 aliphatic carbocycles. The van der Waals surface area contributed by atoms with Gasteiger partial charge in [0.05, 0.1) is 19.2 Å². The van der Waals surface area contributed by atoms with Crippen molar-refractivity contribution >= 4 is 5.91 Å². The maximum Gasteiger partial charge on any atom is 0.235 e. The van der Waals surface area contributed by atoms with Gasteiger partial charge in [-0.15, -0.1) is 0 Å². The summed E-state index contributed by atoms with van der Waals surface area (Å²) in [5.74, 6) is -0.141. The number of amides is 1. The van der Waals surface area contributed by atoms with E-state index in [-0.39, 0.29) is 19.1 Å². The molecule has 2 N–H and O–H groups in total. The number of carbonyl (C=O) groups excluding carboxylic acids is 1. The molecular formula is C15H27N3O2. The summed E-state index contributed by atoms with van der Waals surface area (Å²) in [6, 6.07) is 2.31. The number of hydrogen-bond acceptors (Lipinski definition) is 4.